The van der Waals surface area contributed by atoms with Crippen LogP contribution in [0.4, 0.5) is 0 Å². The minimum atomic E-state index is -0.277. The first kappa shape index (κ1) is 13.7. The number of thioether (sulfide) groups is 1. The van der Waals surface area contributed by atoms with Crippen LogP contribution in [0.1, 0.15) is 21.5 Å². The van der Waals surface area contributed by atoms with Crippen LogP contribution in [-0.4, -0.2) is 13.1 Å². The van der Waals surface area contributed by atoms with Crippen molar-refractivity contribution in [3.63, 3.8) is 0 Å². The zero-order chi connectivity index (χ0) is 13.7. The van der Waals surface area contributed by atoms with E-state index in [0.29, 0.717) is 5.56 Å². The van der Waals surface area contributed by atoms with Gasteiger partial charge in [0.05, 0.1) is 12.7 Å². The molecule has 0 aliphatic heterocycles. The molecule has 0 atom stereocenters. The summed E-state index contributed by atoms with van der Waals surface area (Å²) in [5, 5.41) is 0. The van der Waals surface area contributed by atoms with Gasteiger partial charge < -0.3 is 4.74 Å². The predicted octanol–water partition coefficient (Wildman–Crippen LogP) is 4.07. The first-order valence-corrected chi connectivity index (χ1v) is 7.05. The van der Waals surface area contributed by atoms with Gasteiger partial charge >= 0.3 is 5.97 Å². The van der Waals surface area contributed by atoms with Crippen molar-refractivity contribution in [1.29, 1.82) is 0 Å². The van der Waals surface area contributed by atoms with Crippen LogP contribution in [0.2, 0.25) is 0 Å². The molecule has 0 N–H and O–H groups in total. The summed E-state index contributed by atoms with van der Waals surface area (Å²) in [7, 11) is 1.41. The Kier molecular flexibility index (Phi) is 4.63. The minimum absolute atomic E-state index is 0.277. The summed E-state index contributed by atoms with van der Waals surface area (Å²) in [5.74, 6) is 0.481. The van der Waals surface area contributed by atoms with E-state index >= 15 is 0 Å². The van der Waals surface area contributed by atoms with Gasteiger partial charge in [0.1, 0.15) is 0 Å². The van der Waals surface area contributed by atoms with E-state index in [-0.39, 0.29) is 5.97 Å². The standard InChI is InChI=1S/C16H16O2S/c1-12-6-5-8-14(10-12)19-11-13-7-3-4-9-15(13)16(17)18-2/h3-10H,11H2,1-2H3. The molecule has 0 saturated heterocycles. The normalized spacial score (nSPS) is 10.2. The van der Waals surface area contributed by atoms with E-state index in [9.17, 15) is 4.79 Å². The van der Waals surface area contributed by atoms with E-state index in [1.54, 1.807) is 17.8 Å². The van der Waals surface area contributed by atoms with Crippen molar-refractivity contribution in [2.24, 2.45) is 0 Å². The maximum absolute atomic E-state index is 11.7. The summed E-state index contributed by atoms with van der Waals surface area (Å²) >= 11 is 1.72. The third-order valence-electron chi connectivity index (χ3n) is 2.81. The fourth-order valence-corrected chi connectivity index (χ4v) is 2.84. The Hall–Kier alpha value is -1.74. The van der Waals surface area contributed by atoms with E-state index in [1.807, 2.05) is 24.3 Å². The number of aryl methyl sites for hydroxylation is 1. The van der Waals surface area contributed by atoms with E-state index in [0.717, 1.165) is 11.3 Å². The fraction of sp³-hybridized carbons (Fsp3) is 0.188. The lowest BCUT2D eigenvalue weighted by Gasteiger charge is -2.07. The molecular weight excluding hydrogens is 256 g/mol. The second-order valence-corrected chi connectivity index (χ2v) is 5.30. The van der Waals surface area contributed by atoms with Gasteiger partial charge in [0, 0.05) is 10.6 Å². The van der Waals surface area contributed by atoms with Gasteiger partial charge in [-0.2, -0.15) is 0 Å². The SMILES string of the molecule is COC(=O)c1ccccc1CSc1cccc(C)c1. The number of esters is 1. The van der Waals surface area contributed by atoms with Crippen molar-refractivity contribution in [3.8, 4) is 0 Å². The van der Waals surface area contributed by atoms with Gasteiger partial charge in [-0.3, -0.25) is 0 Å². The van der Waals surface area contributed by atoms with Crippen LogP contribution >= 0.6 is 11.8 Å². The molecule has 0 bridgehead atoms. The van der Waals surface area contributed by atoms with Crippen LogP contribution in [0.15, 0.2) is 53.4 Å². The minimum Gasteiger partial charge on any atom is -0.465 e. The molecule has 2 rings (SSSR count). The quantitative estimate of drug-likeness (QED) is 0.620. The van der Waals surface area contributed by atoms with E-state index < -0.39 is 0 Å². The predicted molar refractivity (Wildman–Crippen MR) is 78.5 cm³/mol. The Morgan fingerprint density at radius 2 is 1.95 bits per heavy atom. The highest BCUT2D eigenvalue weighted by Crippen LogP contribution is 2.25. The molecule has 2 nitrogen and oxygen atoms in total. The number of carbonyl (C=O) groups excluding carboxylic acids is 1. The van der Waals surface area contributed by atoms with Gasteiger partial charge in [0.25, 0.3) is 0 Å². The lowest BCUT2D eigenvalue weighted by Crippen LogP contribution is -2.04. The van der Waals surface area contributed by atoms with Gasteiger partial charge in [-0.05, 0) is 30.7 Å². The molecule has 0 heterocycles. The fourth-order valence-electron chi connectivity index (χ4n) is 1.82. The van der Waals surface area contributed by atoms with E-state index in [2.05, 4.69) is 25.1 Å². The molecule has 0 aliphatic rings. The number of hydrogen-bond donors (Lipinski definition) is 0. The first-order chi connectivity index (χ1) is 9.20. The Labute approximate surface area is 117 Å². The highest BCUT2D eigenvalue weighted by molar-refractivity contribution is 7.98. The summed E-state index contributed by atoms with van der Waals surface area (Å²) in [6, 6.07) is 15.9. The van der Waals surface area contributed by atoms with Crippen LogP contribution in [0, 0.1) is 6.92 Å². The van der Waals surface area contributed by atoms with Crippen molar-refractivity contribution < 1.29 is 9.53 Å². The van der Waals surface area contributed by atoms with E-state index in [1.165, 1.54) is 17.6 Å². The maximum atomic E-state index is 11.7. The van der Waals surface area contributed by atoms with Crippen LogP contribution in [0.5, 0.6) is 0 Å². The van der Waals surface area contributed by atoms with Crippen molar-refractivity contribution in [2.45, 2.75) is 17.6 Å². The number of methoxy groups -OCH3 is 1. The van der Waals surface area contributed by atoms with Crippen LogP contribution < -0.4 is 0 Å². The van der Waals surface area contributed by atoms with Crippen molar-refractivity contribution >= 4 is 17.7 Å². The van der Waals surface area contributed by atoms with Crippen molar-refractivity contribution in [1.82, 2.24) is 0 Å². The summed E-state index contributed by atoms with van der Waals surface area (Å²) in [4.78, 5) is 12.9. The summed E-state index contributed by atoms with van der Waals surface area (Å²) < 4.78 is 4.80. The third-order valence-corrected chi connectivity index (χ3v) is 3.85. The van der Waals surface area contributed by atoms with Crippen molar-refractivity contribution in [2.75, 3.05) is 7.11 Å². The highest BCUT2D eigenvalue weighted by Gasteiger charge is 2.10. The van der Waals surface area contributed by atoms with Gasteiger partial charge in [0.15, 0.2) is 0 Å². The molecule has 0 unspecified atom stereocenters. The molecule has 0 saturated carbocycles. The van der Waals surface area contributed by atoms with Gasteiger partial charge in [0.2, 0.25) is 0 Å². The summed E-state index contributed by atoms with van der Waals surface area (Å²) in [5.41, 5.74) is 2.89. The Morgan fingerprint density at radius 1 is 1.16 bits per heavy atom. The molecule has 0 radical (unpaired) electrons. The monoisotopic (exact) mass is 272 g/mol. The first-order valence-electron chi connectivity index (χ1n) is 6.06. The molecule has 0 amide bonds. The molecule has 98 valence electrons. The second-order valence-electron chi connectivity index (χ2n) is 4.25. The highest BCUT2D eigenvalue weighted by atomic mass is 32.2. The molecule has 0 aromatic heterocycles. The van der Waals surface area contributed by atoms with Crippen LogP contribution in [-0.2, 0) is 10.5 Å². The number of hydrogen-bond acceptors (Lipinski definition) is 3. The molecule has 2 aromatic rings. The summed E-state index contributed by atoms with van der Waals surface area (Å²) in [6.45, 7) is 2.08. The zero-order valence-electron chi connectivity index (χ0n) is 11.1. The number of ether oxygens (including phenoxy) is 1. The Morgan fingerprint density at radius 3 is 2.68 bits per heavy atom. The average molecular weight is 272 g/mol. The molecule has 2 aromatic carbocycles. The van der Waals surface area contributed by atoms with Crippen LogP contribution in [0.3, 0.4) is 0 Å². The summed E-state index contributed by atoms with van der Waals surface area (Å²) in [6.07, 6.45) is 0. The zero-order valence-corrected chi connectivity index (χ0v) is 11.9. The molecule has 19 heavy (non-hydrogen) atoms. The second kappa shape index (κ2) is 6.43. The smallest absolute Gasteiger partial charge is 0.338 e. The van der Waals surface area contributed by atoms with Gasteiger partial charge in [-0.25, -0.2) is 4.79 Å². The molecular formula is C16H16O2S. The molecule has 0 fully saturated rings. The lowest BCUT2D eigenvalue weighted by molar-refractivity contribution is 0.0600. The maximum Gasteiger partial charge on any atom is 0.338 e. The Balaban J connectivity index is 2.13. The Bertz CT molecular complexity index is 578. The van der Waals surface area contributed by atoms with Gasteiger partial charge in [-0.15, -0.1) is 11.8 Å². The van der Waals surface area contributed by atoms with E-state index in [4.69, 9.17) is 4.74 Å². The topological polar surface area (TPSA) is 26.3 Å². The number of rotatable bonds is 4. The average Bonchev–Trinajstić information content (AvgIpc) is 2.45. The third kappa shape index (κ3) is 3.61. The van der Waals surface area contributed by atoms with Crippen molar-refractivity contribution in [3.05, 3.63) is 65.2 Å². The molecule has 0 aliphatic carbocycles. The molecule has 0 spiro atoms. The lowest BCUT2D eigenvalue weighted by atomic mass is 10.1. The molecule has 3 heteroatoms. The number of carbonyl (C=O) groups is 1. The largest absolute Gasteiger partial charge is 0.465 e. The van der Waals surface area contributed by atoms with Gasteiger partial charge in [-0.1, -0.05) is 35.9 Å². The number of benzene rings is 2. The van der Waals surface area contributed by atoms with Crippen LogP contribution in [0.25, 0.3) is 0 Å².